The Bertz CT molecular complexity index is 3290. The minimum absolute atomic E-state index is 0.0200. The van der Waals surface area contributed by atoms with Crippen molar-refractivity contribution in [3.8, 4) is 0 Å². The fourth-order valence-electron chi connectivity index (χ4n) is 7.91. The van der Waals surface area contributed by atoms with Gasteiger partial charge >= 0.3 is 12.4 Å². The molecule has 0 aromatic carbocycles. The van der Waals surface area contributed by atoms with Crippen molar-refractivity contribution < 1.29 is 35.1 Å². The standard InChI is InChI=1S/C12H19F3N4.C11H19ClN4.C11H17F3N4.C11H19FN4.C10H17ClN4.C10H17FN4/c1-5-8(11(2,3)4)18-9-7(12(13,14)15)6-17-10(16)19-9;1-5-8(11(2,3)4)15-9-7(12)6-14-10(13)16-9;1-6(10(2,3)4)17-8-7(11(12,13)14)5-16-9(15)18-8;1-5-8(11(2,3)4)15-9-7(12)6-14-10(13)16-9;2*1-6(10(2,3)4)14-8-7(11)5-13-9(12)15-8/h6,8H,5H2,1-4H3,(H3,16,17,18,19);6,8H,5H2,1-4H3,(H3,13,14,15,16);5-6H,1-4H3,(H3,15,16,17,18);6,8H,5H2,1-4H3,(H3,13,14,15,16);2*5-6H,1-4H3,(H3,12,13,14,15). The van der Waals surface area contributed by atoms with Crippen molar-refractivity contribution in [2.75, 3.05) is 66.3 Å². The third-order valence-corrected chi connectivity index (χ3v) is 16.1. The van der Waals surface area contributed by atoms with Crippen LogP contribution in [-0.2, 0) is 12.4 Å². The van der Waals surface area contributed by atoms with E-state index in [9.17, 15) is 35.1 Å². The Morgan fingerprint density at radius 1 is 0.323 bits per heavy atom. The number of hydrogen-bond donors (Lipinski definition) is 12. The maximum Gasteiger partial charge on any atom is 0.421 e. The Kier molecular flexibility index (Phi) is 33.3. The van der Waals surface area contributed by atoms with Crippen LogP contribution in [0.3, 0.4) is 0 Å². The molecule has 34 heteroatoms. The Morgan fingerprint density at radius 2 is 0.525 bits per heavy atom. The maximum atomic E-state index is 13.4. The molecule has 0 fully saturated rings. The van der Waals surface area contributed by atoms with E-state index in [4.69, 9.17) is 57.6 Å². The monoisotopic (exact) mass is 1450 g/mol. The molecule has 0 saturated heterocycles. The van der Waals surface area contributed by atoms with Crippen LogP contribution in [0.1, 0.15) is 197 Å². The number of halogens is 10. The molecule has 558 valence electrons. The van der Waals surface area contributed by atoms with E-state index < -0.39 is 35.1 Å². The van der Waals surface area contributed by atoms with Crippen LogP contribution >= 0.6 is 23.2 Å². The number of aromatic nitrogens is 12. The van der Waals surface area contributed by atoms with Crippen molar-refractivity contribution in [2.24, 2.45) is 32.5 Å². The van der Waals surface area contributed by atoms with Gasteiger partial charge in [-0.1, -0.05) is 169 Å². The van der Waals surface area contributed by atoms with E-state index in [1.54, 1.807) is 6.92 Å². The molecule has 6 aromatic rings. The second-order valence-corrected chi connectivity index (χ2v) is 30.6. The molecule has 0 aliphatic carbocycles. The zero-order chi connectivity index (χ0) is 76.9. The van der Waals surface area contributed by atoms with E-state index >= 15 is 0 Å². The van der Waals surface area contributed by atoms with Crippen LogP contribution in [0.25, 0.3) is 0 Å². The molecule has 6 atom stereocenters. The van der Waals surface area contributed by atoms with Gasteiger partial charge < -0.3 is 66.3 Å². The highest BCUT2D eigenvalue weighted by Crippen LogP contribution is 2.38. The van der Waals surface area contributed by atoms with E-state index in [-0.39, 0.29) is 122 Å². The first kappa shape index (κ1) is 89.1. The number of nitrogen functional groups attached to an aromatic ring is 6. The summed E-state index contributed by atoms with van der Waals surface area (Å²) in [7, 11) is 0. The molecule has 0 aliphatic rings. The molecule has 6 aromatic heterocycles. The first-order chi connectivity index (χ1) is 44.9. The maximum absolute atomic E-state index is 13.4. The number of alkyl halides is 6. The van der Waals surface area contributed by atoms with Gasteiger partial charge in [-0.15, -0.1) is 0 Å². The van der Waals surface area contributed by atoms with E-state index in [1.807, 2.05) is 62.3 Å². The highest BCUT2D eigenvalue weighted by molar-refractivity contribution is 6.33. The van der Waals surface area contributed by atoms with E-state index in [2.05, 4.69) is 189 Å². The Morgan fingerprint density at radius 3 is 0.798 bits per heavy atom. The number of nitrogens with zero attached hydrogens (tertiary/aromatic N) is 12. The van der Waals surface area contributed by atoms with Crippen LogP contribution in [0.5, 0.6) is 0 Å². The van der Waals surface area contributed by atoms with E-state index in [0.717, 1.165) is 25.2 Å². The van der Waals surface area contributed by atoms with Gasteiger partial charge in [-0.3, -0.25) is 0 Å². The highest BCUT2D eigenvalue weighted by atomic mass is 35.5. The van der Waals surface area contributed by atoms with Crippen molar-refractivity contribution in [2.45, 2.75) is 234 Å². The summed E-state index contributed by atoms with van der Waals surface area (Å²) in [6.07, 6.45) is 0.102. The summed E-state index contributed by atoms with van der Waals surface area (Å²) in [6.45, 7) is 48.9. The molecule has 0 bridgehead atoms. The molecule has 6 rings (SSSR count). The Labute approximate surface area is 589 Å². The predicted octanol–water partition coefficient (Wildman–Crippen LogP) is 16.2. The van der Waals surface area contributed by atoms with Crippen molar-refractivity contribution in [3.05, 3.63) is 70.0 Å². The lowest BCUT2D eigenvalue weighted by Gasteiger charge is -2.31. The van der Waals surface area contributed by atoms with Gasteiger partial charge in [0.25, 0.3) is 0 Å². The number of rotatable bonds is 15. The Hall–Kier alpha value is -7.90. The lowest BCUT2D eigenvalue weighted by Crippen LogP contribution is -2.34. The first-order valence-electron chi connectivity index (χ1n) is 32.0. The van der Waals surface area contributed by atoms with Crippen LogP contribution in [0.4, 0.5) is 106 Å². The van der Waals surface area contributed by atoms with Crippen molar-refractivity contribution in [3.63, 3.8) is 0 Å². The predicted molar refractivity (Wildman–Crippen MR) is 388 cm³/mol. The lowest BCUT2D eigenvalue weighted by molar-refractivity contribution is -0.138. The Balaban J connectivity index is 0.000000595. The highest BCUT2D eigenvalue weighted by Gasteiger charge is 2.38. The molecule has 0 radical (unpaired) electrons. The van der Waals surface area contributed by atoms with Crippen LogP contribution < -0.4 is 66.3 Å². The van der Waals surface area contributed by atoms with Gasteiger partial charge in [0.05, 0.1) is 24.8 Å². The first-order valence-corrected chi connectivity index (χ1v) is 32.7. The second kappa shape index (κ2) is 37.0. The lowest BCUT2D eigenvalue weighted by atomic mass is 9.85. The summed E-state index contributed by atoms with van der Waals surface area (Å²) in [5.41, 5.74) is 30.6. The molecule has 24 nitrogen and oxygen atoms in total. The van der Waals surface area contributed by atoms with Gasteiger partial charge in [-0.05, 0) is 72.5 Å². The molecular formula is C65H108Cl2F8N24. The van der Waals surface area contributed by atoms with Crippen LogP contribution in [0, 0.1) is 44.1 Å². The summed E-state index contributed by atoms with van der Waals surface area (Å²) in [5, 5.41) is 19.2. The summed E-state index contributed by atoms with van der Waals surface area (Å²) in [4.78, 5) is 44.7. The van der Waals surface area contributed by atoms with Crippen LogP contribution in [-0.4, -0.2) is 96.1 Å². The summed E-state index contributed by atoms with van der Waals surface area (Å²) < 4.78 is 104. The molecule has 0 spiro atoms. The van der Waals surface area contributed by atoms with Gasteiger partial charge in [0, 0.05) is 48.6 Å². The van der Waals surface area contributed by atoms with Gasteiger partial charge in [-0.2, -0.15) is 56.2 Å². The topological polar surface area (TPSA) is 383 Å². The summed E-state index contributed by atoms with van der Waals surface area (Å²) >= 11 is 12.0. The molecule has 6 heterocycles. The van der Waals surface area contributed by atoms with Gasteiger partial charge in [0.2, 0.25) is 35.7 Å². The molecule has 0 saturated carbocycles. The normalized spacial score (nSPS) is 13.9. The quantitative estimate of drug-likeness (QED) is 0.0425. The van der Waals surface area contributed by atoms with Crippen molar-refractivity contribution >= 4 is 93.8 Å². The average Bonchev–Trinajstić information content (AvgIpc) is 0.822. The zero-order valence-corrected chi connectivity index (χ0v) is 63.2. The smallest absolute Gasteiger partial charge is 0.368 e. The summed E-state index contributed by atoms with van der Waals surface area (Å²) in [5.74, 6) is 0.260. The van der Waals surface area contributed by atoms with E-state index in [0.29, 0.717) is 46.5 Å². The zero-order valence-electron chi connectivity index (χ0n) is 61.7. The molecule has 18 N–H and O–H groups in total. The van der Waals surface area contributed by atoms with Crippen molar-refractivity contribution in [1.29, 1.82) is 0 Å². The fourth-order valence-corrected chi connectivity index (χ4v) is 8.20. The van der Waals surface area contributed by atoms with Gasteiger partial charge in [-0.25, -0.2) is 38.7 Å². The SMILES string of the molecule is CC(Nc1nc(N)ncc1C(F)(F)F)C(C)(C)C.CC(Nc1nc(N)ncc1Cl)C(C)(C)C.CC(Nc1nc(N)ncc1F)C(C)(C)C.CCC(Nc1nc(N)ncc1C(F)(F)F)C(C)(C)C.CCC(Nc1nc(N)ncc1Cl)C(C)(C)C.CCC(Nc1nc(N)ncc1F)C(C)(C)C. The van der Waals surface area contributed by atoms with Crippen LogP contribution in [0.2, 0.25) is 10.0 Å². The largest absolute Gasteiger partial charge is 0.421 e. The van der Waals surface area contributed by atoms with Gasteiger partial charge in [0.15, 0.2) is 34.9 Å². The molecule has 6 unspecified atom stereocenters. The number of nitrogens with one attached hydrogen (secondary N) is 6. The summed E-state index contributed by atoms with van der Waals surface area (Å²) in [6, 6.07) is 0.400. The number of hydrogen-bond acceptors (Lipinski definition) is 24. The minimum Gasteiger partial charge on any atom is -0.368 e. The van der Waals surface area contributed by atoms with E-state index in [1.165, 1.54) is 12.4 Å². The number of anilines is 12. The fraction of sp³-hybridized carbons (Fsp3) is 0.631. The number of nitrogens with two attached hydrogens (primary N) is 6. The van der Waals surface area contributed by atoms with Crippen LogP contribution in [0.15, 0.2) is 37.2 Å². The average molecular weight is 1450 g/mol. The molecule has 99 heavy (non-hydrogen) atoms. The molecular weight excluding hydrogens is 1340 g/mol. The minimum atomic E-state index is -4.51. The molecule has 0 amide bonds. The van der Waals surface area contributed by atoms with Gasteiger partial charge in [0.1, 0.15) is 32.8 Å². The molecule has 0 aliphatic heterocycles. The second-order valence-electron chi connectivity index (χ2n) is 29.8. The third-order valence-electron chi connectivity index (χ3n) is 15.5. The third kappa shape index (κ3) is 31.9. The van der Waals surface area contributed by atoms with Crippen molar-refractivity contribution in [1.82, 2.24) is 59.8 Å².